The quantitative estimate of drug-likeness (QED) is 0.791. The van der Waals surface area contributed by atoms with Crippen molar-refractivity contribution < 1.29 is 0 Å². The SMILES string of the molecule is Cc1nccn1-c1ccc(NCc2cccs2)cn1. The van der Waals surface area contributed by atoms with Crippen molar-refractivity contribution in [3.63, 3.8) is 0 Å². The summed E-state index contributed by atoms with van der Waals surface area (Å²) in [5, 5.41) is 5.44. The van der Waals surface area contributed by atoms with Crippen LogP contribution in [0.2, 0.25) is 0 Å². The molecule has 96 valence electrons. The lowest BCUT2D eigenvalue weighted by molar-refractivity contribution is 0.932. The molecule has 0 spiro atoms. The van der Waals surface area contributed by atoms with E-state index in [1.165, 1.54) is 4.88 Å². The van der Waals surface area contributed by atoms with E-state index >= 15 is 0 Å². The Morgan fingerprint density at radius 2 is 2.21 bits per heavy atom. The molecule has 3 aromatic rings. The van der Waals surface area contributed by atoms with Crippen LogP contribution in [0.5, 0.6) is 0 Å². The van der Waals surface area contributed by atoms with E-state index in [0.29, 0.717) is 0 Å². The number of hydrogen-bond acceptors (Lipinski definition) is 4. The number of aromatic nitrogens is 3. The van der Waals surface area contributed by atoms with Crippen LogP contribution in [0, 0.1) is 6.92 Å². The van der Waals surface area contributed by atoms with E-state index in [2.05, 4.69) is 32.8 Å². The maximum atomic E-state index is 4.45. The second-order valence-electron chi connectivity index (χ2n) is 4.18. The van der Waals surface area contributed by atoms with E-state index < -0.39 is 0 Å². The first kappa shape index (κ1) is 11.9. The molecule has 3 heterocycles. The molecule has 1 N–H and O–H groups in total. The minimum Gasteiger partial charge on any atom is -0.379 e. The number of rotatable bonds is 4. The van der Waals surface area contributed by atoms with E-state index in [-0.39, 0.29) is 0 Å². The summed E-state index contributed by atoms with van der Waals surface area (Å²) in [6.45, 7) is 2.80. The Kier molecular flexibility index (Phi) is 3.29. The first-order valence-electron chi connectivity index (χ1n) is 6.05. The van der Waals surface area contributed by atoms with Crippen LogP contribution >= 0.6 is 11.3 Å². The average molecular weight is 270 g/mol. The molecular weight excluding hydrogens is 256 g/mol. The van der Waals surface area contributed by atoms with Gasteiger partial charge in [0.2, 0.25) is 0 Å². The first-order chi connectivity index (χ1) is 9.33. The number of hydrogen-bond donors (Lipinski definition) is 1. The Bertz CT molecular complexity index is 640. The minimum atomic E-state index is 0.836. The van der Waals surface area contributed by atoms with Gasteiger partial charge >= 0.3 is 0 Å². The van der Waals surface area contributed by atoms with E-state index in [1.54, 1.807) is 17.5 Å². The third-order valence-electron chi connectivity index (χ3n) is 2.87. The van der Waals surface area contributed by atoms with Crippen molar-refractivity contribution in [2.75, 3.05) is 5.32 Å². The second kappa shape index (κ2) is 5.24. The van der Waals surface area contributed by atoms with Gasteiger partial charge in [-0.05, 0) is 30.5 Å². The zero-order valence-electron chi connectivity index (χ0n) is 10.6. The van der Waals surface area contributed by atoms with Gasteiger partial charge in [-0.3, -0.25) is 4.57 Å². The largest absolute Gasteiger partial charge is 0.379 e. The third-order valence-corrected chi connectivity index (χ3v) is 3.74. The molecule has 0 amide bonds. The molecule has 0 saturated carbocycles. The lowest BCUT2D eigenvalue weighted by Crippen LogP contribution is -2.01. The predicted octanol–water partition coefficient (Wildman–Crippen LogP) is 3.25. The Morgan fingerprint density at radius 1 is 1.26 bits per heavy atom. The summed E-state index contributed by atoms with van der Waals surface area (Å²) in [6, 6.07) is 8.21. The number of nitrogens with one attached hydrogen (secondary N) is 1. The lowest BCUT2D eigenvalue weighted by atomic mass is 10.3. The maximum absolute atomic E-state index is 4.45. The molecule has 0 aliphatic heterocycles. The molecule has 0 aliphatic carbocycles. The summed E-state index contributed by atoms with van der Waals surface area (Å²) < 4.78 is 1.96. The van der Waals surface area contributed by atoms with E-state index in [4.69, 9.17) is 0 Å². The van der Waals surface area contributed by atoms with Crippen molar-refractivity contribution >= 4 is 17.0 Å². The van der Waals surface area contributed by atoms with Crippen LogP contribution in [-0.2, 0) is 6.54 Å². The average Bonchev–Trinajstić information content (AvgIpc) is 3.08. The Labute approximate surface area is 115 Å². The van der Waals surface area contributed by atoms with Gasteiger partial charge in [-0.15, -0.1) is 11.3 Å². The van der Waals surface area contributed by atoms with Gasteiger partial charge < -0.3 is 5.32 Å². The Morgan fingerprint density at radius 3 is 2.84 bits per heavy atom. The molecule has 3 aromatic heterocycles. The molecule has 5 heteroatoms. The van der Waals surface area contributed by atoms with E-state index in [0.717, 1.165) is 23.9 Å². The monoisotopic (exact) mass is 270 g/mol. The second-order valence-corrected chi connectivity index (χ2v) is 5.21. The van der Waals surface area contributed by atoms with Gasteiger partial charge in [0.05, 0.1) is 11.9 Å². The van der Waals surface area contributed by atoms with Crippen molar-refractivity contribution in [3.05, 3.63) is 58.9 Å². The van der Waals surface area contributed by atoms with Crippen LogP contribution in [0.25, 0.3) is 5.82 Å². The third kappa shape index (κ3) is 2.66. The summed E-state index contributed by atoms with van der Waals surface area (Å²) in [5.41, 5.74) is 1.02. The van der Waals surface area contributed by atoms with Crippen molar-refractivity contribution in [1.82, 2.24) is 14.5 Å². The molecular formula is C14H14N4S. The number of pyridine rings is 1. The summed E-state index contributed by atoms with van der Waals surface area (Å²) in [6.07, 6.45) is 5.54. The van der Waals surface area contributed by atoms with Crippen LogP contribution in [0.4, 0.5) is 5.69 Å². The van der Waals surface area contributed by atoms with Gasteiger partial charge in [-0.2, -0.15) is 0 Å². The highest BCUT2D eigenvalue weighted by Crippen LogP contribution is 2.14. The lowest BCUT2D eigenvalue weighted by Gasteiger charge is -2.07. The number of imidazole rings is 1. The normalized spacial score (nSPS) is 10.6. The molecule has 3 rings (SSSR count). The zero-order valence-corrected chi connectivity index (χ0v) is 11.4. The van der Waals surface area contributed by atoms with E-state index in [9.17, 15) is 0 Å². The van der Waals surface area contributed by atoms with Crippen molar-refractivity contribution in [2.45, 2.75) is 13.5 Å². The molecule has 0 atom stereocenters. The van der Waals surface area contributed by atoms with Crippen molar-refractivity contribution in [3.8, 4) is 5.82 Å². The van der Waals surface area contributed by atoms with Crippen LogP contribution in [0.15, 0.2) is 48.2 Å². The van der Waals surface area contributed by atoms with Gasteiger partial charge in [0, 0.05) is 23.8 Å². The molecule has 0 saturated heterocycles. The number of anilines is 1. The van der Waals surface area contributed by atoms with E-state index in [1.807, 2.05) is 36.0 Å². The fraction of sp³-hybridized carbons (Fsp3) is 0.143. The minimum absolute atomic E-state index is 0.836. The van der Waals surface area contributed by atoms with Crippen LogP contribution in [-0.4, -0.2) is 14.5 Å². The first-order valence-corrected chi connectivity index (χ1v) is 6.93. The van der Waals surface area contributed by atoms with Gasteiger partial charge in [-0.25, -0.2) is 9.97 Å². The zero-order chi connectivity index (χ0) is 13.1. The van der Waals surface area contributed by atoms with Gasteiger partial charge in [0.25, 0.3) is 0 Å². The van der Waals surface area contributed by atoms with Gasteiger partial charge in [0.1, 0.15) is 11.6 Å². The predicted molar refractivity (Wildman–Crippen MR) is 77.7 cm³/mol. The molecule has 0 aromatic carbocycles. The smallest absolute Gasteiger partial charge is 0.138 e. The molecule has 0 fully saturated rings. The fourth-order valence-corrected chi connectivity index (χ4v) is 2.50. The summed E-state index contributed by atoms with van der Waals surface area (Å²) in [7, 11) is 0. The molecule has 0 radical (unpaired) electrons. The number of thiophene rings is 1. The number of aryl methyl sites for hydroxylation is 1. The van der Waals surface area contributed by atoms with Crippen molar-refractivity contribution in [1.29, 1.82) is 0 Å². The van der Waals surface area contributed by atoms with Gasteiger partial charge in [0.15, 0.2) is 0 Å². The van der Waals surface area contributed by atoms with Crippen LogP contribution < -0.4 is 5.32 Å². The summed E-state index contributed by atoms with van der Waals surface area (Å²) in [5.74, 6) is 1.82. The highest BCUT2D eigenvalue weighted by Gasteiger charge is 2.01. The molecule has 0 aliphatic rings. The van der Waals surface area contributed by atoms with Crippen LogP contribution in [0.3, 0.4) is 0 Å². The highest BCUT2D eigenvalue weighted by molar-refractivity contribution is 7.09. The standard InChI is InChI=1S/C14H14N4S/c1-11-15-6-7-18(11)14-5-4-12(9-17-14)16-10-13-3-2-8-19-13/h2-9,16H,10H2,1H3. The van der Waals surface area contributed by atoms with Crippen molar-refractivity contribution in [2.24, 2.45) is 0 Å². The molecule has 0 bridgehead atoms. The summed E-state index contributed by atoms with van der Waals surface area (Å²) >= 11 is 1.75. The Hall–Kier alpha value is -2.14. The molecule has 19 heavy (non-hydrogen) atoms. The van der Waals surface area contributed by atoms with Crippen LogP contribution in [0.1, 0.15) is 10.7 Å². The number of nitrogens with zero attached hydrogens (tertiary/aromatic N) is 3. The topological polar surface area (TPSA) is 42.7 Å². The molecule has 0 unspecified atom stereocenters. The Balaban J connectivity index is 1.71. The molecule has 4 nitrogen and oxygen atoms in total. The summed E-state index contributed by atoms with van der Waals surface area (Å²) in [4.78, 5) is 9.95. The fourth-order valence-electron chi connectivity index (χ4n) is 1.86. The van der Waals surface area contributed by atoms with Gasteiger partial charge in [-0.1, -0.05) is 6.07 Å². The highest BCUT2D eigenvalue weighted by atomic mass is 32.1. The maximum Gasteiger partial charge on any atom is 0.138 e.